The first-order valence-electron chi connectivity index (χ1n) is 11.2. The Morgan fingerprint density at radius 2 is 1.91 bits per heavy atom. The number of quaternary nitrogens is 1. The molecule has 1 aliphatic rings. The lowest BCUT2D eigenvalue weighted by Crippen LogP contribution is -2.61. The van der Waals surface area contributed by atoms with E-state index in [2.05, 4.69) is 15.3 Å². The molecule has 2 heterocycles. The van der Waals surface area contributed by atoms with Gasteiger partial charge in [-0.1, -0.05) is 23.7 Å². The molecule has 0 spiro atoms. The maximum atomic E-state index is 12.8. The third-order valence-electron chi connectivity index (χ3n) is 6.20. The highest BCUT2D eigenvalue weighted by molar-refractivity contribution is 6.31. The monoisotopic (exact) mass is 491 g/mol. The minimum absolute atomic E-state index is 0.0287. The van der Waals surface area contributed by atoms with E-state index in [1.807, 2.05) is 24.3 Å². The number of piperidine rings is 1. The summed E-state index contributed by atoms with van der Waals surface area (Å²) in [6.07, 6.45) is 3.39. The number of methoxy groups -OCH3 is 2. The summed E-state index contributed by atoms with van der Waals surface area (Å²) in [6, 6.07) is 7.82. The maximum absolute atomic E-state index is 12.8. The number of nitrogen functional groups attached to an aromatic ring is 2. The normalized spacial score (nSPS) is 19.9. The van der Waals surface area contributed by atoms with Crippen LogP contribution in [0.4, 0.5) is 11.6 Å². The third-order valence-corrected chi connectivity index (χ3v) is 6.48. The summed E-state index contributed by atoms with van der Waals surface area (Å²) in [4.78, 5) is 32.9. The van der Waals surface area contributed by atoms with Crippen molar-refractivity contribution in [3.05, 3.63) is 40.7 Å². The Labute approximate surface area is 204 Å². The summed E-state index contributed by atoms with van der Waals surface area (Å²) in [5.41, 5.74) is 12.6. The van der Waals surface area contributed by atoms with Crippen molar-refractivity contribution in [2.24, 2.45) is 0 Å². The molecule has 34 heavy (non-hydrogen) atoms. The van der Waals surface area contributed by atoms with E-state index in [-0.39, 0.29) is 41.0 Å². The zero-order chi connectivity index (χ0) is 24.7. The van der Waals surface area contributed by atoms with Gasteiger partial charge in [-0.3, -0.25) is 4.79 Å². The number of nitrogens with one attached hydrogen (secondary N) is 1. The van der Waals surface area contributed by atoms with E-state index < -0.39 is 5.91 Å². The topological polar surface area (TPSA) is 142 Å². The zero-order valence-electron chi connectivity index (χ0n) is 19.6. The number of carbonyl (C=O) groups excluding carboxylic acids is 2. The second-order valence-electron chi connectivity index (χ2n) is 8.60. The minimum Gasteiger partial charge on any atom is -0.497 e. The number of ether oxygens (including phenoxy) is 2. The third kappa shape index (κ3) is 6.48. The molecule has 2 aromatic rings. The molecule has 1 amide bonds. The predicted octanol–water partition coefficient (Wildman–Crippen LogP) is 1.82. The number of esters is 1. The lowest BCUT2D eigenvalue weighted by atomic mass is 10.00. The SMILES string of the molecule is COC(=O)C[N+]1(CCCc2ccc(OC)cc2)CCCC(NC(=O)c2nc(Cl)c(N)nc2N)C1. The number of likely N-dealkylation sites (tertiary alicyclic amines) is 1. The van der Waals surface area contributed by atoms with E-state index in [4.69, 9.17) is 32.5 Å². The van der Waals surface area contributed by atoms with Gasteiger partial charge in [0.25, 0.3) is 5.91 Å². The van der Waals surface area contributed by atoms with Crippen molar-refractivity contribution in [2.75, 3.05) is 51.9 Å². The quantitative estimate of drug-likeness (QED) is 0.356. The second-order valence-corrected chi connectivity index (χ2v) is 8.96. The van der Waals surface area contributed by atoms with Crippen LogP contribution in [0.25, 0.3) is 0 Å². The Kier molecular flexibility index (Phi) is 8.51. The van der Waals surface area contributed by atoms with Crippen LogP contribution in [-0.2, 0) is 16.0 Å². The van der Waals surface area contributed by atoms with Gasteiger partial charge < -0.3 is 30.7 Å². The number of nitrogens with zero attached hydrogens (tertiary/aromatic N) is 3. The summed E-state index contributed by atoms with van der Waals surface area (Å²) < 4.78 is 10.7. The van der Waals surface area contributed by atoms with Gasteiger partial charge in [-0.2, -0.15) is 0 Å². The number of hydrogen-bond donors (Lipinski definition) is 3. The van der Waals surface area contributed by atoms with Crippen molar-refractivity contribution >= 4 is 35.1 Å². The molecular weight excluding hydrogens is 460 g/mol. The van der Waals surface area contributed by atoms with Gasteiger partial charge in [0.15, 0.2) is 29.0 Å². The number of halogens is 1. The molecule has 0 radical (unpaired) electrons. The zero-order valence-corrected chi connectivity index (χ0v) is 20.3. The Hall–Kier alpha value is -3.11. The van der Waals surface area contributed by atoms with Gasteiger partial charge in [-0.05, 0) is 37.0 Å². The van der Waals surface area contributed by atoms with E-state index in [1.54, 1.807) is 7.11 Å². The van der Waals surface area contributed by atoms with Gasteiger partial charge in [0, 0.05) is 6.42 Å². The molecule has 1 fully saturated rings. The summed E-state index contributed by atoms with van der Waals surface area (Å²) in [7, 11) is 3.04. The summed E-state index contributed by atoms with van der Waals surface area (Å²) in [6.45, 7) is 2.46. The summed E-state index contributed by atoms with van der Waals surface area (Å²) in [5, 5.41) is 2.92. The highest BCUT2D eigenvalue weighted by Gasteiger charge is 2.38. The molecule has 0 aliphatic carbocycles. The number of benzene rings is 1. The van der Waals surface area contributed by atoms with Gasteiger partial charge >= 0.3 is 5.97 Å². The molecule has 10 nitrogen and oxygen atoms in total. The Bertz CT molecular complexity index is 1020. The molecule has 2 atom stereocenters. The predicted molar refractivity (Wildman–Crippen MR) is 129 cm³/mol. The van der Waals surface area contributed by atoms with Crippen LogP contribution in [0.15, 0.2) is 24.3 Å². The lowest BCUT2D eigenvalue weighted by molar-refractivity contribution is -0.926. The average Bonchev–Trinajstić information content (AvgIpc) is 2.82. The van der Waals surface area contributed by atoms with E-state index in [0.717, 1.165) is 44.5 Å². The van der Waals surface area contributed by atoms with Crippen molar-refractivity contribution in [3.63, 3.8) is 0 Å². The number of nitrogens with two attached hydrogens (primary N) is 2. The average molecular weight is 492 g/mol. The van der Waals surface area contributed by atoms with Gasteiger partial charge in [0.05, 0.1) is 39.9 Å². The van der Waals surface area contributed by atoms with Gasteiger partial charge in [0.1, 0.15) is 5.75 Å². The molecule has 5 N–H and O–H groups in total. The highest BCUT2D eigenvalue weighted by Crippen LogP contribution is 2.23. The summed E-state index contributed by atoms with van der Waals surface area (Å²) >= 11 is 5.92. The first-order chi connectivity index (χ1) is 16.2. The van der Waals surface area contributed by atoms with Crippen LogP contribution in [0.2, 0.25) is 5.15 Å². The summed E-state index contributed by atoms with van der Waals surface area (Å²) in [5.74, 6) is -0.0191. The molecule has 3 rings (SSSR count). The molecule has 0 saturated carbocycles. The lowest BCUT2D eigenvalue weighted by Gasteiger charge is -2.43. The van der Waals surface area contributed by atoms with Crippen LogP contribution < -0.4 is 21.5 Å². The highest BCUT2D eigenvalue weighted by atomic mass is 35.5. The van der Waals surface area contributed by atoms with Crippen molar-refractivity contribution in [1.82, 2.24) is 15.3 Å². The largest absolute Gasteiger partial charge is 0.497 e. The van der Waals surface area contributed by atoms with Crippen LogP contribution in [0.5, 0.6) is 5.75 Å². The number of amides is 1. The van der Waals surface area contributed by atoms with Crippen molar-refractivity contribution in [3.8, 4) is 5.75 Å². The van der Waals surface area contributed by atoms with Crippen molar-refractivity contribution in [1.29, 1.82) is 0 Å². The Morgan fingerprint density at radius 1 is 1.18 bits per heavy atom. The molecule has 1 aromatic carbocycles. The van der Waals surface area contributed by atoms with Gasteiger partial charge in [0.2, 0.25) is 0 Å². The fraction of sp³-hybridized carbons (Fsp3) is 0.478. The number of anilines is 2. The van der Waals surface area contributed by atoms with Crippen molar-refractivity contribution < 1.29 is 23.5 Å². The molecule has 0 bridgehead atoms. The first kappa shape index (κ1) is 25.5. The van der Waals surface area contributed by atoms with E-state index in [9.17, 15) is 9.59 Å². The maximum Gasteiger partial charge on any atom is 0.361 e. The molecular formula is C23H32ClN6O4+. The minimum atomic E-state index is -0.465. The van der Waals surface area contributed by atoms with Crippen molar-refractivity contribution in [2.45, 2.75) is 31.7 Å². The Balaban J connectivity index is 1.68. The first-order valence-corrected chi connectivity index (χ1v) is 11.6. The van der Waals surface area contributed by atoms with E-state index in [1.165, 1.54) is 12.7 Å². The number of carbonyl (C=O) groups is 2. The van der Waals surface area contributed by atoms with Crippen LogP contribution >= 0.6 is 11.6 Å². The number of hydrogen-bond acceptors (Lipinski definition) is 8. The smallest absolute Gasteiger partial charge is 0.361 e. The van der Waals surface area contributed by atoms with Gasteiger partial charge in [-0.15, -0.1) is 0 Å². The molecule has 2 unspecified atom stereocenters. The van der Waals surface area contributed by atoms with Crippen LogP contribution in [0.3, 0.4) is 0 Å². The van der Waals surface area contributed by atoms with E-state index >= 15 is 0 Å². The van der Waals surface area contributed by atoms with Gasteiger partial charge in [-0.25, -0.2) is 14.8 Å². The van der Waals surface area contributed by atoms with Crippen LogP contribution in [0.1, 0.15) is 35.3 Å². The molecule has 1 saturated heterocycles. The fourth-order valence-electron chi connectivity index (χ4n) is 4.48. The molecule has 1 aliphatic heterocycles. The fourth-order valence-corrected chi connectivity index (χ4v) is 4.61. The van der Waals surface area contributed by atoms with E-state index in [0.29, 0.717) is 11.0 Å². The number of aromatic nitrogens is 2. The molecule has 1 aromatic heterocycles. The van der Waals surface area contributed by atoms with Crippen LogP contribution in [0, 0.1) is 0 Å². The second kappa shape index (κ2) is 11.3. The van der Waals surface area contributed by atoms with Crippen LogP contribution in [-0.4, -0.2) is 72.8 Å². The molecule has 11 heteroatoms. The number of aryl methyl sites for hydroxylation is 1. The standard InChI is InChI=1S/C23H31ClN6O4/c1-33-17-9-7-15(8-10-17)5-3-11-30(14-18(31)34-2)12-4-6-16(13-30)27-23(32)19-21(25)29-22(26)20(24)28-19/h7-10,16H,3-6,11-14H2,1-2H3,(H4-,25,26,27,29,32)/p+1. The Morgan fingerprint density at radius 3 is 2.59 bits per heavy atom. The number of rotatable bonds is 9. The molecule has 184 valence electrons.